The molecule has 4 aromatic carbocycles. The van der Waals surface area contributed by atoms with E-state index in [9.17, 15) is 14.7 Å². The Morgan fingerprint density at radius 3 is 2.00 bits per heavy atom. The van der Waals surface area contributed by atoms with Crippen molar-refractivity contribution in [3.8, 4) is 5.75 Å². The number of rotatable bonds is 4. The summed E-state index contributed by atoms with van der Waals surface area (Å²) >= 11 is 0. The molecule has 0 radical (unpaired) electrons. The summed E-state index contributed by atoms with van der Waals surface area (Å²) in [6.45, 7) is 0. The highest BCUT2D eigenvalue weighted by atomic mass is 16.5. The highest BCUT2D eigenvalue weighted by Gasteiger charge is 2.66. The van der Waals surface area contributed by atoms with Gasteiger partial charge in [-0.2, -0.15) is 0 Å². The second-order valence-electron chi connectivity index (χ2n) is 9.78. The summed E-state index contributed by atoms with van der Waals surface area (Å²) in [6, 6.07) is 33.7. The van der Waals surface area contributed by atoms with Crippen LogP contribution in [0.3, 0.4) is 0 Å². The van der Waals surface area contributed by atoms with E-state index >= 15 is 0 Å². The lowest BCUT2D eigenvalue weighted by Gasteiger charge is -2.37. The van der Waals surface area contributed by atoms with Crippen molar-refractivity contribution in [1.29, 1.82) is 0 Å². The maximum absolute atomic E-state index is 14.3. The highest BCUT2D eigenvalue weighted by Crippen LogP contribution is 2.63. The molecule has 1 fully saturated rings. The van der Waals surface area contributed by atoms with E-state index in [0.717, 1.165) is 11.1 Å². The predicted molar refractivity (Wildman–Crippen MR) is 142 cm³/mol. The topological polar surface area (TPSA) is 75.6 Å². The molecule has 2 aliphatic rings. The molecular formula is C32H27NO4. The molecule has 5 unspecified atom stereocenters. The second-order valence-corrected chi connectivity index (χ2v) is 9.78. The van der Waals surface area contributed by atoms with E-state index in [1.165, 1.54) is 0 Å². The lowest BCUT2D eigenvalue weighted by molar-refractivity contribution is -0.130. The van der Waals surface area contributed by atoms with Crippen molar-refractivity contribution in [1.82, 2.24) is 0 Å². The van der Waals surface area contributed by atoms with Crippen LogP contribution in [0.4, 0.5) is 5.69 Å². The van der Waals surface area contributed by atoms with Gasteiger partial charge in [0, 0.05) is 23.3 Å². The Kier molecular flexibility index (Phi) is 5.65. The third-order valence-corrected chi connectivity index (χ3v) is 7.98. The number of methoxy groups -OCH3 is 1. The number of hydrogen-bond acceptors (Lipinski definition) is 4. The zero-order valence-electron chi connectivity index (χ0n) is 20.4. The van der Waals surface area contributed by atoms with Gasteiger partial charge in [-0.25, -0.2) is 0 Å². The summed E-state index contributed by atoms with van der Waals surface area (Å²) in [5, 5.41) is 15.8. The van der Waals surface area contributed by atoms with Gasteiger partial charge >= 0.3 is 0 Å². The molecule has 5 heteroatoms. The Balaban J connectivity index is 1.66. The number of para-hydroxylation sites is 1. The van der Waals surface area contributed by atoms with Crippen LogP contribution < -0.4 is 10.1 Å². The number of hydrogen-bond donors (Lipinski definition) is 2. The minimum Gasteiger partial charge on any atom is -0.497 e. The standard InChI is InChI=1S/C32H27NO4/c1-37-23-18-16-21(17-19-23)28-26(20-10-4-2-5-11-20)27-29(32(28,36)22-12-6-3-7-13-22)31(35)33-25-15-9-8-14-24(25)30(27)34/h2-19,26-29,36H,1H3,(H,33,35). The van der Waals surface area contributed by atoms with Gasteiger partial charge in [0.25, 0.3) is 0 Å². The van der Waals surface area contributed by atoms with Crippen LogP contribution in [0, 0.1) is 11.8 Å². The molecule has 6 rings (SSSR count). The van der Waals surface area contributed by atoms with Gasteiger partial charge in [-0.05, 0) is 41.0 Å². The molecule has 5 atom stereocenters. The number of ketones is 1. The Labute approximate surface area is 215 Å². The lowest BCUT2D eigenvalue weighted by atomic mass is 9.72. The molecule has 0 spiro atoms. The van der Waals surface area contributed by atoms with Crippen LogP contribution in [-0.4, -0.2) is 23.9 Å². The fraction of sp³-hybridized carbons (Fsp3) is 0.188. The second kappa shape index (κ2) is 9.02. The number of benzene rings is 4. The van der Waals surface area contributed by atoms with Gasteiger partial charge in [0.1, 0.15) is 11.4 Å². The number of carbonyl (C=O) groups excluding carboxylic acids is 2. The van der Waals surface area contributed by atoms with E-state index in [1.807, 2.05) is 84.9 Å². The smallest absolute Gasteiger partial charge is 0.231 e. The summed E-state index contributed by atoms with van der Waals surface area (Å²) in [5.74, 6) is -2.61. The zero-order chi connectivity index (χ0) is 25.6. The van der Waals surface area contributed by atoms with Crippen molar-refractivity contribution in [3.63, 3.8) is 0 Å². The molecule has 1 aliphatic carbocycles. The largest absolute Gasteiger partial charge is 0.497 e. The Morgan fingerprint density at radius 1 is 0.703 bits per heavy atom. The number of amides is 1. The minimum atomic E-state index is -1.65. The van der Waals surface area contributed by atoms with Crippen LogP contribution in [0.15, 0.2) is 109 Å². The summed E-state index contributed by atoms with van der Waals surface area (Å²) in [5.41, 5.74) is 1.65. The lowest BCUT2D eigenvalue weighted by Crippen LogP contribution is -2.44. The van der Waals surface area contributed by atoms with E-state index in [-0.39, 0.29) is 11.7 Å². The number of ether oxygens (including phenoxy) is 1. The predicted octanol–water partition coefficient (Wildman–Crippen LogP) is 5.53. The van der Waals surface area contributed by atoms with Crippen LogP contribution >= 0.6 is 0 Å². The fourth-order valence-electron chi connectivity index (χ4n) is 6.44. The zero-order valence-corrected chi connectivity index (χ0v) is 20.4. The minimum absolute atomic E-state index is 0.141. The number of carbonyl (C=O) groups is 2. The van der Waals surface area contributed by atoms with E-state index in [2.05, 4.69) is 5.32 Å². The summed E-state index contributed by atoms with van der Waals surface area (Å²) in [7, 11) is 1.61. The number of anilines is 1. The quantitative estimate of drug-likeness (QED) is 0.395. The first kappa shape index (κ1) is 23.2. The van der Waals surface area contributed by atoms with E-state index in [1.54, 1.807) is 31.4 Å². The van der Waals surface area contributed by atoms with Crippen molar-refractivity contribution < 1.29 is 19.4 Å². The van der Waals surface area contributed by atoms with Crippen LogP contribution in [0.2, 0.25) is 0 Å². The first-order chi connectivity index (χ1) is 18.0. The third kappa shape index (κ3) is 3.58. The van der Waals surface area contributed by atoms with Crippen molar-refractivity contribution in [2.45, 2.75) is 17.4 Å². The van der Waals surface area contributed by atoms with Gasteiger partial charge in [-0.15, -0.1) is 0 Å². The molecule has 184 valence electrons. The maximum Gasteiger partial charge on any atom is 0.231 e. The van der Waals surface area contributed by atoms with Crippen molar-refractivity contribution >= 4 is 17.4 Å². The molecule has 5 nitrogen and oxygen atoms in total. The molecule has 1 heterocycles. The number of fused-ring (bicyclic) bond motifs is 2. The first-order valence-electron chi connectivity index (χ1n) is 12.4. The molecular weight excluding hydrogens is 462 g/mol. The van der Waals surface area contributed by atoms with Crippen LogP contribution in [0.25, 0.3) is 0 Å². The Morgan fingerprint density at radius 2 is 1.32 bits per heavy atom. The Hall–Kier alpha value is -4.22. The summed E-state index contributed by atoms with van der Waals surface area (Å²) < 4.78 is 5.38. The van der Waals surface area contributed by atoms with Crippen LogP contribution in [0.1, 0.15) is 38.9 Å². The molecule has 1 amide bonds. The van der Waals surface area contributed by atoms with Crippen LogP contribution in [0.5, 0.6) is 5.75 Å². The van der Waals surface area contributed by atoms with Gasteiger partial charge in [0.2, 0.25) is 5.91 Å². The van der Waals surface area contributed by atoms with E-state index in [4.69, 9.17) is 4.74 Å². The molecule has 1 aliphatic heterocycles. The Bertz CT molecular complexity index is 1450. The molecule has 1 saturated carbocycles. The number of nitrogens with one attached hydrogen (secondary N) is 1. The van der Waals surface area contributed by atoms with Gasteiger partial charge < -0.3 is 15.2 Å². The molecule has 37 heavy (non-hydrogen) atoms. The van der Waals surface area contributed by atoms with Crippen molar-refractivity contribution in [3.05, 3.63) is 131 Å². The highest BCUT2D eigenvalue weighted by molar-refractivity contribution is 6.12. The third-order valence-electron chi connectivity index (χ3n) is 7.98. The molecule has 2 N–H and O–H groups in total. The van der Waals surface area contributed by atoms with Gasteiger partial charge in [-0.1, -0.05) is 84.9 Å². The van der Waals surface area contributed by atoms with Gasteiger partial charge in [-0.3, -0.25) is 9.59 Å². The first-order valence-corrected chi connectivity index (χ1v) is 12.4. The maximum atomic E-state index is 14.3. The van der Waals surface area contributed by atoms with E-state index < -0.39 is 29.3 Å². The normalized spacial score (nSPS) is 26.5. The SMILES string of the molecule is COc1ccc(C2C(c3ccccc3)C3C(=O)c4ccccc4NC(=O)C3C2(O)c2ccccc2)cc1. The fourth-order valence-corrected chi connectivity index (χ4v) is 6.44. The number of aliphatic hydroxyl groups is 1. The molecule has 0 saturated heterocycles. The summed E-state index contributed by atoms with van der Waals surface area (Å²) in [6.07, 6.45) is 0. The average Bonchev–Trinajstić information content (AvgIpc) is 3.18. The monoisotopic (exact) mass is 489 g/mol. The van der Waals surface area contributed by atoms with E-state index in [0.29, 0.717) is 22.6 Å². The summed E-state index contributed by atoms with van der Waals surface area (Å²) in [4.78, 5) is 28.3. The molecule has 0 aromatic heterocycles. The average molecular weight is 490 g/mol. The van der Waals surface area contributed by atoms with Crippen molar-refractivity contribution in [2.75, 3.05) is 12.4 Å². The van der Waals surface area contributed by atoms with Crippen LogP contribution in [-0.2, 0) is 10.4 Å². The number of Topliss-reactive ketones (excluding diaryl/α,β-unsaturated/α-hetero) is 1. The van der Waals surface area contributed by atoms with Crippen molar-refractivity contribution in [2.24, 2.45) is 11.8 Å². The van der Waals surface area contributed by atoms with Gasteiger partial charge in [0.05, 0.1) is 18.7 Å². The molecule has 0 bridgehead atoms. The molecule has 4 aromatic rings. The van der Waals surface area contributed by atoms with Gasteiger partial charge in [0.15, 0.2) is 5.78 Å².